The second kappa shape index (κ2) is 6.40. The van der Waals surface area contributed by atoms with E-state index >= 15 is 0 Å². The van der Waals surface area contributed by atoms with Crippen LogP contribution in [0.5, 0.6) is 0 Å². The Kier molecular flexibility index (Phi) is 4.15. The summed E-state index contributed by atoms with van der Waals surface area (Å²) in [6.07, 6.45) is 3.35. The maximum Gasteiger partial charge on any atom is 0.136 e. The van der Waals surface area contributed by atoms with Crippen molar-refractivity contribution in [3.8, 4) is 0 Å². The van der Waals surface area contributed by atoms with Gasteiger partial charge >= 0.3 is 0 Å². The van der Waals surface area contributed by atoms with Crippen molar-refractivity contribution in [1.82, 2.24) is 4.90 Å². The second-order valence-electron chi connectivity index (χ2n) is 5.20. The first kappa shape index (κ1) is 13.6. The normalized spacial score (nSPS) is 14.6. The Bertz CT molecular complexity index is 642. The molecule has 2 heteroatoms. The van der Waals surface area contributed by atoms with E-state index in [0.29, 0.717) is 0 Å². The molecule has 0 N–H and O–H groups in total. The standard InChI is InChI=1S/C19H20N2/c1-2-14-21-15-13-18(16-9-5-3-6-10-16)20-19(21)17-11-7-4-8-12-17/h3-13H,2,14-15H2,1H3. The van der Waals surface area contributed by atoms with Crippen LogP contribution in [-0.2, 0) is 0 Å². The summed E-state index contributed by atoms with van der Waals surface area (Å²) >= 11 is 0. The topological polar surface area (TPSA) is 15.6 Å². The molecule has 106 valence electrons. The summed E-state index contributed by atoms with van der Waals surface area (Å²) in [6, 6.07) is 20.9. The zero-order valence-corrected chi connectivity index (χ0v) is 12.4. The van der Waals surface area contributed by atoms with Gasteiger partial charge in [0.2, 0.25) is 0 Å². The van der Waals surface area contributed by atoms with Crippen LogP contribution in [0.25, 0.3) is 5.70 Å². The van der Waals surface area contributed by atoms with Crippen LogP contribution in [-0.4, -0.2) is 23.8 Å². The van der Waals surface area contributed by atoms with Gasteiger partial charge in [-0.1, -0.05) is 67.6 Å². The van der Waals surface area contributed by atoms with Gasteiger partial charge in [-0.2, -0.15) is 0 Å². The quantitative estimate of drug-likeness (QED) is 0.817. The van der Waals surface area contributed by atoms with Crippen LogP contribution >= 0.6 is 0 Å². The summed E-state index contributed by atoms with van der Waals surface area (Å²) in [5.74, 6) is 1.08. The Hall–Kier alpha value is -2.35. The molecule has 0 radical (unpaired) electrons. The molecule has 0 aliphatic carbocycles. The summed E-state index contributed by atoms with van der Waals surface area (Å²) in [5.41, 5.74) is 3.44. The summed E-state index contributed by atoms with van der Waals surface area (Å²) < 4.78 is 0. The largest absolute Gasteiger partial charge is 0.352 e. The molecular formula is C19H20N2. The van der Waals surface area contributed by atoms with Crippen molar-refractivity contribution in [3.63, 3.8) is 0 Å². The Morgan fingerprint density at radius 1 is 0.905 bits per heavy atom. The third-order valence-corrected chi connectivity index (χ3v) is 3.63. The smallest absolute Gasteiger partial charge is 0.136 e. The molecule has 0 bridgehead atoms. The molecule has 1 heterocycles. The van der Waals surface area contributed by atoms with Crippen molar-refractivity contribution in [2.24, 2.45) is 4.99 Å². The van der Waals surface area contributed by atoms with Gasteiger partial charge in [0.15, 0.2) is 0 Å². The lowest BCUT2D eigenvalue weighted by Crippen LogP contribution is -2.34. The molecule has 1 aliphatic heterocycles. The highest BCUT2D eigenvalue weighted by Gasteiger charge is 2.17. The van der Waals surface area contributed by atoms with E-state index in [-0.39, 0.29) is 0 Å². The van der Waals surface area contributed by atoms with Crippen LogP contribution in [0.3, 0.4) is 0 Å². The summed E-state index contributed by atoms with van der Waals surface area (Å²) in [7, 11) is 0. The average molecular weight is 276 g/mol. The van der Waals surface area contributed by atoms with Crippen LogP contribution in [0.4, 0.5) is 0 Å². The van der Waals surface area contributed by atoms with Crippen LogP contribution < -0.4 is 0 Å². The van der Waals surface area contributed by atoms with Crippen molar-refractivity contribution < 1.29 is 0 Å². The number of aliphatic imine (C=N–C) groups is 1. The van der Waals surface area contributed by atoms with Gasteiger partial charge in [0.25, 0.3) is 0 Å². The third-order valence-electron chi connectivity index (χ3n) is 3.63. The Balaban J connectivity index is 1.98. The van der Waals surface area contributed by atoms with Crippen LogP contribution in [0, 0.1) is 0 Å². The minimum Gasteiger partial charge on any atom is -0.352 e. The van der Waals surface area contributed by atoms with Crippen molar-refractivity contribution in [3.05, 3.63) is 77.9 Å². The molecule has 0 spiro atoms. The average Bonchev–Trinajstić information content (AvgIpc) is 2.57. The van der Waals surface area contributed by atoms with E-state index in [1.807, 2.05) is 12.1 Å². The third kappa shape index (κ3) is 3.05. The van der Waals surface area contributed by atoms with E-state index in [1.165, 1.54) is 11.1 Å². The fourth-order valence-electron chi connectivity index (χ4n) is 2.61. The zero-order chi connectivity index (χ0) is 14.5. The van der Waals surface area contributed by atoms with E-state index in [0.717, 1.165) is 31.0 Å². The number of rotatable bonds is 4. The SMILES string of the molecule is CCCN1CC=C(c2ccccc2)N=C1c1ccccc1. The first-order valence-electron chi connectivity index (χ1n) is 7.53. The maximum atomic E-state index is 4.93. The van der Waals surface area contributed by atoms with Gasteiger partial charge in [-0.3, -0.25) is 0 Å². The lowest BCUT2D eigenvalue weighted by atomic mass is 10.1. The van der Waals surface area contributed by atoms with Gasteiger partial charge in [0.1, 0.15) is 5.84 Å². The number of hydrogen-bond donors (Lipinski definition) is 0. The van der Waals surface area contributed by atoms with Gasteiger partial charge in [0, 0.05) is 18.7 Å². The van der Waals surface area contributed by atoms with Crippen LogP contribution in [0.15, 0.2) is 71.7 Å². The fraction of sp³-hybridized carbons (Fsp3) is 0.211. The summed E-state index contributed by atoms with van der Waals surface area (Å²) in [6.45, 7) is 4.16. The highest BCUT2D eigenvalue weighted by molar-refractivity contribution is 6.02. The number of nitrogens with zero attached hydrogens (tertiary/aromatic N) is 2. The molecule has 2 aromatic carbocycles. The van der Waals surface area contributed by atoms with Crippen LogP contribution in [0.1, 0.15) is 24.5 Å². The minimum absolute atomic E-state index is 0.922. The van der Waals surface area contributed by atoms with E-state index in [1.54, 1.807) is 0 Å². The van der Waals surface area contributed by atoms with Crippen molar-refractivity contribution in [1.29, 1.82) is 0 Å². The lowest BCUT2D eigenvalue weighted by Gasteiger charge is -2.28. The highest BCUT2D eigenvalue weighted by Crippen LogP contribution is 2.22. The van der Waals surface area contributed by atoms with Crippen molar-refractivity contribution in [2.75, 3.05) is 13.1 Å². The molecule has 0 fully saturated rings. The van der Waals surface area contributed by atoms with Gasteiger partial charge in [-0.15, -0.1) is 0 Å². The molecular weight excluding hydrogens is 256 g/mol. The predicted molar refractivity (Wildman–Crippen MR) is 89.3 cm³/mol. The lowest BCUT2D eigenvalue weighted by molar-refractivity contribution is 0.456. The molecule has 0 atom stereocenters. The van der Waals surface area contributed by atoms with Crippen molar-refractivity contribution >= 4 is 11.5 Å². The molecule has 3 rings (SSSR count). The molecule has 2 nitrogen and oxygen atoms in total. The van der Waals surface area contributed by atoms with Gasteiger partial charge < -0.3 is 4.90 Å². The van der Waals surface area contributed by atoms with Gasteiger partial charge in [-0.25, -0.2) is 4.99 Å². The molecule has 0 unspecified atom stereocenters. The Morgan fingerprint density at radius 2 is 1.52 bits per heavy atom. The van der Waals surface area contributed by atoms with Crippen molar-refractivity contribution in [2.45, 2.75) is 13.3 Å². The monoisotopic (exact) mass is 276 g/mol. The Labute approximate surface area is 126 Å². The van der Waals surface area contributed by atoms with E-state index in [9.17, 15) is 0 Å². The van der Waals surface area contributed by atoms with E-state index in [4.69, 9.17) is 4.99 Å². The first-order valence-corrected chi connectivity index (χ1v) is 7.53. The molecule has 0 amide bonds. The highest BCUT2D eigenvalue weighted by atomic mass is 15.2. The summed E-state index contributed by atoms with van der Waals surface area (Å²) in [4.78, 5) is 7.28. The molecule has 0 aromatic heterocycles. The minimum atomic E-state index is 0.922. The van der Waals surface area contributed by atoms with E-state index < -0.39 is 0 Å². The molecule has 1 aliphatic rings. The molecule has 0 saturated carbocycles. The predicted octanol–water partition coefficient (Wildman–Crippen LogP) is 4.20. The number of amidine groups is 1. The summed E-state index contributed by atoms with van der Waals surface area (Å²) in [5, 5.41) is 0. The number of hydrogen-bond acceptors (Lipinski definition) is 2. The van der Waals surface area contributed by atoms with Gasteiger partial charge in [0.05, 0.1) is 5.70 Å². The zero-order valence-electron chi connectivity index (χ0n) is 12.4. The Morgan fingerprint density at radius 3 is 2.14 bits per heavy atom. The first-order chi connectivity index (χ1) is 10.4. The van der Waals surface area contributed by atoms with Gasteiger partial charge in [-0.05, 0) is 18.1 Å². The van der Waals surface area contributed by atoms with E-state index in [2.05, 4.69) is 66.4 Å². The maximum absolute atomic E-state index is 4.93. The fourth-order valence-corrected chi connectivity index (χ4v) is 2.61. The molecule has 0 saturated heterocycles. The second-order valence-corrected chi connectivity index (χ2v) is 5.20. The molecule has 21 heavy (non-hydrogen) atoms. The van der Waals surface area contributed by atoms with Crippen LogP contribution in [0.2, 0.25) is 0 Å². The number of benzene rings is 2. The molecule has 2 aromatic rings.